The molecule has 1 aliphatic carbocycles. The molecule has 1 rings (SSSR count). The van der Waals surface area contributed by atoms with Crippen molar-refractivity contribution < 1.29 is 9.90 Å². The highest BCUT2D eigenvalue weighted by atomic mass is 16.3. The normalized spacial score (nSPS) is 27.9. The molecule has 0 amide bonds. The first-order chi connectivity index (χ1) is 6.93. The van der Waals surface area contributed by atoms with E-state index in [9.17, 15) is 9.90 Å². The molecular formula is C13H24O2. The molecule has 1 N–H and O–H groups in total. The van der Waals surface area contributed by atoms with E-state index in [0.717, 1.165) is 0 Å². The lowest BCUT2D eigenvalue weighted by Crippen LogP contribution is -2.42. The largest absolute Gasteiger partial charge is 0.392 e. The molecule has 1 fully saturated rings. The van der Waals surface area contributed by atoms with Crippen molar-refractivity contribution in [3.05, 3.63) is 0 Å². The molecule has 2 nitrogen and oxygen atoms in total. The fraction of sp³-hybridized carbons (Fsp3) is 0.769. The minimum absolute atomic E-state index is 0.131. The van der Waals surface area contributed by atoms with Gasteiger partial charge in [-0.05, 0) is 11.3 Å². The van der Waals surface area contributed by atoms with Gasteiger partial charge in [-0.1, -0.05) is 34.6 Å². The van der Waals surface area contributed by atoms with E-state index in [0.29, 0.717) is 12.8 Å². The molecule has 0 bridgehead atoms. The van der Waals surface area contributed by atoms with Crippen LogP contribution in [-0.4, -0.2) is 17.0 Å². The molecule has 0 spiro atoms. The van der Waals surface area contributed by atoms with Crippen LogP contribution in [0.2, 0.25) is 0 Å². The number of hydrogen-bond acceptors (Lipinski definition) is 2. The summed E-state index contributed by atoms with van der Waals surface area (Å²) in [6.07, 6.45) is 8.75. The number of carbonyl (C=O) groups excluding carboxylic acids is 1. The van der Waals surface area contributed by atoms with Crippen LogP contribution in [0.1, 0.15) is 47.5 Å². The van der Waals surface area contributed by atoms with E-state index < -0.39 is 0 Å². The van der Waals surface area contributed by atoms with Gasteiger partial charge in [0.15, 0.2) is 0 Å². The first-order valence-electron chi connectivity index (χ1n) is 5.46. The highest BCUT2D eigenvalue weighted by Crippen LogP contribution is 2.36. The summed E-state index contributed by atoms with van der Waals surface area (Å²) in [5, 5.41) is 9.67. The lowest BCUT2D eigenvalue weighted by atomic mass is 9.70. The maximum atomic E-state index is 11.1. The Bertz CT molecular complexity index is 204. The summed E-state index contributed by atoms with van der Waals surface area (Å²) in [6, 6.07) is 0. The number of carbonyl (C=O) groups is 1. The first-order valence-corrected chi connectivity index (χ1v) is 5.46. The molecule has 0 radical (unpaired) electrons. The summed E-state index contributed by atoms with van der Waals surface area (Å²) in [6.45, 7) is 9.83. The van der Waals surface area contributed by atoms with E-state index in [2.05, 4.69) is 12.8 Å². The predicted octanol–water partition coefficient (Wildman–Crippen LogP) is 2.65. The molecule has 0 aromatic heterocycles. The molecule has 2 heteroatoms. The van der Waals surface area contributed by atoms with Gasteiger partial charge in [-0.3, -0.25) is 4.79 Å². The third-order valence-electron chi connectivity index (χ3n) is 2.54. The van der Waals surface area contributed by atoms with Crippen molar-refractivity contribution in [2.45, 2.75) is 53.6 Å². The van der Waals surface area contributed by atoms with E-state index >= 15 is 0 Å². The standard InChI is InChI=1S/C9H16O2.C2H6.C2H2/c1-6-4-7(10)5-9(2,3)8(6)11;2*1-2/h6,8,11H,4-5H2,1-3H3;1-2H3;1-2H. The molecule has 2 atom stereocenters. The summed E-state index contributed by atoms with van der Waals surface area (Å²) in [5.41, 5.74) is -0.214. The molecule has 2 unspecified atom stereocenters. The van der Waals surface area contributed by atoms with E-state index in [1.54, 1.807) is 0 Å². The molecule has 0 aromatic rings. The van der Waals surface area contributed by atoms with Gasteiger partial charge in [-0.25, -0.2) is 0 Å². The predicted molar refractivity (Wildman–Crippen MR) is 64.4 cm³/mol. The second kappa shape index (κ2) is 7.48. The zero-order chi connectivity index (χ0) is 12.6. The van der Waals surface area contributed by atoms with Gasteiger partial charge < -0.3 is 5.11 Å². The second-order valence-corrected chi connectivity index (χ2v) is 4.33. The van der Waals surface area contributed by atoms with Crippen LogP contribution in [0.25, 0.3) is 0 Å². The molecule has 88 valence electrons. The van der Waals surface area contributed by atoms with Crippen LogP contribution in [0.3, 0.4) is 0 Å². The monoisotopic (exact) mass is 212 g/mol. The molecule has 1 aliphatic rings. The quantitative estimate of drug-likeness (QED) is 0.627. The SMILES string of the molecule is C#C.CC.CC1CC(=O)CC(C)(C)C1O. The molecular weight excluding hydrogens is 188 g/mol. The fourth-order valence-corrected chi connectivity index (χ4v) is 1.93. The van der Waals surface area contributed by atoms with Gasteiger partial charge in [-0.15, -0.1) is 12.8 Å². The summed E-state index contributed by atoms with van der Waals surface area (Å²) < 4.78 is 0. The summed E-state index contributed by atoms with van der Waals surface area (Å²) in [7, 11) is 0. The minimum atomic E-state index is -0.319. The van der Waals surface area contributed by atoms with Crippen molar-refractivity contribution in [2.75, 3.05) is 0 Å². The molecule has 1 saturated carbocycles. The number of hydrogen-bond donors (Lipinski definition) is 1. The van der Waals surface area contributed by atoms with E-state index in [1.807, 2.05) is 34.6 Å². The Morgan fingerprint density at radius 1 is 1.33 bits per heavy atom. The number of rotatable bonds is 0. The maximum Gasteiger partial charge on any atom is 0.133 e. The van der Waals surface area contributed by atoms with Crippen LogP contribution in [-0.2, 0) is 4.79 Å². The number of ketones is 1. The van der Waals surface area contributed by atoms with Crippen LogP contribution in [0.5, 0.6) is 0 Å². The van der Waals surface area contributed by atoms with Crippen molar-refractivity contribution >= 4 is 5.78 Å². The number of aliphatic hydroxyl groups excluding tert-OH is 1. The van der Waals surface area contributed by atoms with Crippen LogP contribution in [0, 0.1) is 24.2 Å². The zero-order valence-corrected chi connectivity index (χ0v) is 10.6. The van der Waals surface area contributed by atoms with Gasteiger partial charge in [0.2, 0.25) is 0 Å². The van der Waals surface area contributed by atoms with Crippen molar-refractivity contribution in [1.29, 1.82) is 0 Å². The third-order valence-corrected chi connectivity index (χ3v) is 2.54. The zero-order valence-electron chi connectivity index (χ0n) is 10.6. The Balaban J connectivity index is 0. The van der Waals surface area contributed by atoms with Crippen molar-refractivity contribution in [1.82, 2.24) is 0 Å². The van der Waals surface area contributed by atoms with Crippen LogP contribution >= 0.6 is 0 Å². The summed E-state index contributed by atoms with van der Waals surface area (Å²) in [4.78, 5) is 11.1. The van der Waals surface area contributed by atoms with Gasteiger partial charge in [0.1, 0.15) is 5.78 Å². The Hall–Kier alpha value is -0.810. The lowest BCUT2D eigenvalue weighted by Gasteiger charge is -2.38. The summed E-state index contributed by atoms with van der Waals surface area (Å²) in [5.74, 6) is 0.416. The Kier molecular flexibility index (Phi) is 8.28. The number of Topliss-reactive ketones (excluding diaryl/α,β-unsaturated/α-hetero) is 1. The minimum Gasteiger partial charge on any atom is -0.392 e. The Labute approximate surface area is 94.1 Å². The second-order valence-electron chi connectivity index (χ2n) is 4.33. The molecule has 0 heterocycles. The molecule has 0 aromatic carbocycles. The molecule has 0 aliphatic heterocycles. The number of aliphatic hydroxyl groups is 1. The van der Waals surface area contributed by atoms with Gasteiger partial charge >= 0.3 is 0 Å². The highest BCUT2D eigenvalue weighted by Gasteiger charge is 2.39. The Morgan fingerprint density at radius 2 is 1.73 bits per heavy atom. The topological polar surface area (TPSA) is 37.3 Å². The van der Waals surface area contributed by atoms with Gasteiger partial charge in [0.05, 0.1) is 6.10 Å². The van der Waals surface area contributed by atoms with Gasteiger partial charge in [0, 0.05) is 12.8 Å². The maximum absolute atomic E-state index is 11.1. The van der Waals surface area contributed by atoms with Crippen LogP contribution in [0.15, 0.2) is 0 Å². The van der Waals surface area contributed by atoms with Gasteiger partial charge in [0.25, 0.3) is 0 Å². The average Bonchev–Trinajstić information content (AvgIpc) is 2.20. The van der Waals surface area contributed by atoms with Crippen LogP contribution < -0.4 is 0 Å². The molecule has 15 heavy (non-hydrogen) atoms. The van der Waals surface area contributed by atoms with E-state index in [1.165, 1.54) is 0 Å². The van der Waals surface area contributed by atoms with Crippen LogP contribution in [0.4, 0.5) is 0 Å². The third kappa shape index (κ3) is 4.99. The smallest absolute Gasteiger partial charge is 0.133 e. The van der Waals surface area contributed by atoms with Crippen molar-refractivity contribution in [3.8, 4) is 12.8 Å². The summed E-state index contributed by atoms with van der Waals surface area (Å²) >= 11 is 0. The number of terminal acetylenes is 1. The van der Waals surface area contributed by atoms with Crippen molar-refractivity contribution in [2.24, 2.45) is 11.3 Å². The van der Waals surface area contributed by atoms with E-state index in [-0.39, 0.29) is 23.2 Å². The Morgan fingerprint density at radius 3 is 2.07 bits per heavy atom. The van der Waals surface area contributed by atoms with E-state index in [4.69, 9.17) is 0 Å². The van der Waals surface area contributed by atoms with Gasteiger partial charge in [-0.2, -0.15) is 0 Å². The fourth-order valence-electron chi connectivity index (χ4n) is 1.93. The average molecular weight is 212 g/mol. The lowest BCUT2D eigenvalue weighted by molar-refractivity contribution is -0.131. The van der Waals surface area contributed by atoms with Crippen molar-refractivity contribution in [3.63, 3.8) is 0 Å². The highest BCUT2D eigenvalue weighted by molar-refractivity contribution is 5.80. The first kappa shape index (κ1) is 16.6. The molecule has 0 saturated heterocycles.